The maximum absolute atomic E-state index is 11.9. The van der Waals surface area contributed by atoms with Crippen molar-refractivity contribution in [2.75, 3.05) is 13.7 Å². The molecular formula is C16H20N2O3. The summed E-state index contributed by atoms with van der Waals surface area (Å²) in [5, 5.41) is 4.52. The van der Waals surface area contributed by atoms with Gasteiger partial charge in [0.2, 0.25) is 0 Å². The van der Waals surface area contributed by atoms with Crippen molar-refractivity contribution in [3.05, 3.63) is 41.2 Å². The van der Waals surface area contributed by atoms with Crippen LogP contribution in [0.2, 0.25) is 0 Å². The van der Waals surface area contributed by atoms with Crippen LogP contribution in [0.3, 0.4) is 0 Å². The molecule has 1 heterocycles. The van der Waals surface area contributed by atoms with Gasteiger partial charge in [0.1, 0.15) is 11.3 Å². The zero-order valence-corrected chi connectivity index (χ0v) is 12.8. The van der Waals surface area contributed by atoms with E-state index < -0.39 is 0 Å². The highest BCUT2D eigenvalue weighted by atomic mass is 16.5. The minimum absolute atomic E-state index is 0.346. The number of hydrogen-bond acceptors (Lipinski definition) is 4. The topological polar surface area (TPSA) is 53.4 Å². The van der Waals surface area contributed by atoms with E-state index in [-0.39, 0.29) is 5.97 Å². The Hall–Kier alpha value is -2.30. The first-order chi connectivity index (χ1) is 10.1. The van der Waals surface area contributed by atoms with E-state index in [1.54, 1.807) is 4.68 Å². The molecule has 0 aliphatic rings. The molecule has 0 spiro atoms. The molecule has 21 heavy (non-hydrogen) atoms. The maximum Gasteiger partial charge on any atom is 0.341 e. The molecule has 0 saturated carbocycles. The molecule has 0 fully saturated rings. The molecule has 5 heteroatoms. The number of carbonyl (C=O) groups is 1. The van der Waals surface area contributed by atoms with Gasteiger partial charge >= 0.3 is 5.97 Å². The summed E-state index contributed by atoms with van der Waals surface area (Å²) in [5.41, 5.74) is 2.96. The van der Waals surface area contributed by atoms with Gasteiger partial charge in [-0.3, -0.25) is 0 Å². The average molecular weight is 288 g/mol. The van der Waals surface area contributed by atoms with E-state index in [1.165, 1.54) is 7.11 Å². The van der Waals surface area contributed by atoms with Gasteiger partial charge in [-0.15, -0.1) is 0 Å². The number of esters is 1. The number of aryl methyl sites for hydroxylation is 1. The molecule has 0 aliphatic carbocycles. The Labute approximate surface area is 124 Å². The number of ether oxygens (including phenoxy) is 2. The van der Waals surface area contributed by atoms with Crippen molar-refractivity contribution in [3.63, 3.8) is 0 Å². The minimum atomic E-state index is -0.346. The van der Waals surface area contributed by atoms with E-state index in [0.717, 1.165) is 22.8 Å². The van der Waals surface area contributed by atoms with E-state index >= 15 is 0 Å². The van der Waals surface area contributed by atoms with Gasteiger partial charge in [-0.05, 0) is 44.5 Å². The van der Waals surface area contributed by atoms with Gasteiger partial charge in [0.25, 0.3) is 0 Å². The highest BCUT2D eigenvalue weighted by Crippen LogP contribution is 2.21. The summed E-state index contributed by atoms with van der Waals surface area (Å²) >= 11 is 0. The Kier molecular flexibility index (Phi) is 4.62. The number of nitrogens with zero attached hydrogens (tertiary/aromatic N) is 2. The fourth-order valence-corrected chi connectivity index (χ4v) is 2.28. The van der Waals surface area contributed by atoms with Crippen molar-refractivity contribution in [2.45, 2.75) is 27.2 Å². The van der Waals surface area contributed by atoms with Crippen LogP contribution in [-0.4, -0.2) is 29.5 Å². The molecule has 2 aromatic rings. The molecule has 0 radical (unpaired) electrons. The molecule has 5 nitrogen and oxygen atoms in total. The van der Waals surface area contributed by atoms with Crippen LogP contribution in [0.15, 0.2) is 24.3 Å². The second kappa shape index (κ2) is 6.43. The van der Waals surface area contributed by atoms with Gasteiger partial charge in [0.15, 0.2) is 0 Å². The Morgan fingerprint density at radius 1 is 1.24 bits per heavy atom. The molecule has 1 aromatic carbocycles. The summed E-state index contributed by atoms with van der Waals surface area (Å²) < 4.78 is 12.0. The zero-order chi connectivity index (χ0) is 15.4. The summed E-state index contributed by atoms with van der Waals surface area (Å²) in [7, 11) is 1.38. The first kappa shape index (κ1) is 15.1. The van der Waals surface area contributed by atoms with Crippen LogP contribution in [0.4, 0.5) is 0 Å². The molecule has 0 N–H and O–H groups in total. The lowest BCUT2D eigenvalue weighted by Gasteiger charge is -2.07. The fourth-order valence-electron chi connectivity index (χ4n) is 2.28. The molecule has 112 valence electrons. The number of methoxy groups -OCH3 is 1. The van der Waals surface area contributed by atoms with Gasteiger partial charge in [0.05, 0.1) is 30.8 Å². The monoisotopic (exact) mass is 288 g/mol. The lowest BCUT2D eigenvalue weighted by molar-refractivity contribution is 0.0598. The van der Waals surface area contributed by atoms with Gasteiger partial charge in [-0.1, -0.05) is 6.92 Å². The number of aromatic nitrogens is 2. The Balaban J connectivity index is 2.44. The summed E-state index contributed by atoms with van der Waals surface area (Å²) in [6, 6.07) is 7.63. The zero-order valence-electron chi connectivity index (χ0n) is 12.8. The molecule has 0 unspecified atom stereocenters. The molecule has 0 bridgehead atoms. The summed E-state index contributed by atoms with van der Waals surface area (Å²) in [6.45, 7) is 6.42. The quantitative estimate of drug-likeness (QED) is 0.794. The van der Waals surface area contributed by atoms with E-state index in [1.807, 2.05) is 45.0 Å². The Bertz CT molecular complexity index is 630. The van der Waals surface area contributed by atoms with Gasteiger partial charge in [-0.25, -0.2) is 9.48 Å². The molecule has 2 rings (SSSR count). The van der Waals surface area contributed by atoms with Crippen molar-refractivity contribution in [2.24, 2.45) is 0 Å². The number of rotatable bonds is 5. The van der Waals surface area contributed by atoms with Gasteiger partial charge < -0.3 is 9.47 Å². The second-order valence-electron chi connectivity index (χ2n) is 4.59. The molecule has 0 atom stereocenters. The van der Waals surface area contributed by atoms with Crippen molar-refractivity contribution in [1.29, 1.82) is 0 Å². The number of carbonyl (C=O) groups excluding carboxylic acids is 1. The largest absolute Gasteiger partial charge is 0.494 e. The first-order valence-corrected chi connectivity index (χ1v) is 7.02. The lowest BCUT2D eigenvalue weighted by atomic mass is 10.1. The Morgan fingerprint density at radius 2 is 1.90 bits per heavy atom. The van der Waals surface area contributed by atoms with Gasteiger partial charge in [0, 0.05) is 0 Å². The van der Waals surface area contributed by atoms with Crippen molar-refractivity contribution in [1.82, 2.24) is 9.78 Å². The first-order valence-electron chi connectivity index (χ1n) is 7.02. The van der Waals surface area contributed by atoms with Crippen molar-refractivity contribution >= 4 is 5.97 Å². The van der Waals surface area contributed by atoms with Crippen LogP contribution in [0, 0.1) is 6.92 Å². The van der Waals surface area contributed by atoms with Crippen LogP contribution in [0.25, 0.3) is 5.69 Å². The predicted molar refractivity (Wildman–Crippen MR) is 80.2 cm³/mol. The lowest BCUT2D eigenvalue weighted by Crippen LogP contribution is -2.06. The number of benzene rings is 1. The molecule has 0 aliphatic heterocycles. The fraction of sp³-hybridized carbons (Fsp3) is 0.375. The number of hydrogen-bond donors (Lipinski definition) is 0. The second-order valence-corrected chi connectivity index (χ2v) is 4.59. The Morgan fingerprint density at radius 3 is 2.43 bits per heavy atom. The third-order valence-electron chi connectivity index (χ3n) is 3.31. The van der Waals surface area contributed by atoms with E-state index in [2.05, 4.69) is 5.10 Å². The van der Waals surface area contributed by atoms with Gasteiger partial charge in [-0.2, -0.15) is 5.10 Å². The van der Waals surface area contributed by atoms with Crippen LogP contribution in [0.5, 0.6) is 5.75 Å². The molecule has 0 saturated heterocycles. The van der Waals surface area contributed by atoms with Crippen LogP contribution < -0.4 is 4.74 Å². The SMILES string of the molecule is CCOc1ccc(-n2nc(CC)c(C(=O)OC)c2C)cc1. The highest BCUT2D eigenvalue weighted by molar-refractivity contribution is 5.92. The third kappa shape index (κ3) is 2.91. The normalized spacial score (nSPS) is 10.5. The van der Waals surface area contributed by atoms with E-state index in [9.17, 15) is 4.79 Å². The smallest absolute Gasteiger partial charge is 0.341 e. The van der Waals surface area contributed by atoms with E-state index in [4.69, 9.17) is 9.47 Å². The molecular weight excluding hydrogens is 268 g/mol. The van der Waals surface area contributed by atoms with Crippen molar-refractivity contribution in [3.8, 4) is 11.4 Å². The summed E-state index contributed by atoms with van der Waals surface area (Å²) in [5.74, 6) is 0.469. The third-order valence-corrected chi connectivity index (χ3v) is 3.31. The molecule has 0 amide bonds. The van der Waals surface area contributed by atoms with Crippen LogP contribution in [-0.2, 0) is 11.2 Å². The van der Waals surface area contributed by atoms with Crippen LogP contribution >= 0.6 is 0 Å². The summed E-state index contributed by atoms with van der Waals surface area (Å²) in [6.07, 6.45) is 0.676. The maximum atomic E-state index is 11.9. The standard InChI is InChI=1S/C16H20N2O3/c1-5-14-15(16(19)20-4)11(3)18(17-14)12-7-9-13(10-8-12)21-6-2/h7-10H,5-6H2,1-4H3. The van der Waals surface area contributed by atoms with Crippen LogP contribution in [0.1, 0.15) is 35.6 Å². The highest BCUT2D eigenvalue weighted by Gasteiger charge is 2.21. The minimum Gasteiger partial charge on any atom is -0.494 e. The molecule has 1 aromatic heterocycles. The van der Waals surface area contributed by atoms with E-state index in [0.29, 0.717) is 18.6 Å². The predicted octanol–water partition coefficient (Wildman–Crippen LogP) is 2.93. The summed E-state index contributed by atoms with van der Waals surface area (Å²) in [4.78, 5) is 11.9. The van der Waals surface area contributed by atoms with Crippen molar-refractivity contribution < 1.29 is 14.3 Å². The average Bonchev–Trinajstić information content (AvgIpc) is 2.84.